The number of hydrogen-bond acceptors (Lipinski definition) is 1. The Labute approximate surface area is 250 Å². The summed E-state index contributed by atoms with van der Waals surface area (Å²) in [5.74, 6) is -0.0755. The third-order valence-corrected chi connectivity index (χ3v) is 8.12. The third kappa shape index (κ3) is 6.22. The fourth-order valence-corrected chi connectivity index (χ4v) is 5.98. The zero-order valence-electron chi connectivity index (χ0n) is 25.1. The first-order chi connectivity index (χ1) is 20.4. The predicted octanol–water partition coefficient (Wildman–Crippen LogP) is 10.6. The topological polar surface area (TPSA) is 17.1 Å². The van der Waals surface area contributed by atoms with Crippen LogP contribution in [0, 0.1) is 5.82 Å². The van der Waals surface area contributed by atoms with E-state index in [4.69, 9.17) is 0 Å². The van der Waals surface area contributed by atoms with Gasteiger partial charge in [0, 0.05) is 24.0 Å². The quantitative estimate of drug-likeness (QED) is 0.240. The van der Waals surface area contributed by atoms with E-state index in [1.807, 2.05) is 50.3 Å². The Morgan fingerprint density at radius 3 is 2.36 bits per heavy atom. The summed E-state index contributed by atoms with van der Waals surface area (Å²) in [5, 5.41) is 0. The maximum absolute atomic E-state index is 15.3. The van der Waals surface area contributed by atoms with Gasteiger partial charge in [0.2, 0.25) is 0 Å². The lowest BCUT2D eigenvalue weighted by Gasteiger charge is -2.19. The number of halogens is 1. The average Bonchev–Trinajstić information content (AvgIpc) is 3.20. The Kier molecular flexibility index (Phi) is 10.1. The lowest BCUT2D eigenvalue weighted by atomic mass is 9.85. The highest BCUT2D eigenvalue weighted by molar-refractivity contribution is 6.00. The minimum Gasteiger partial charge on any atom is -0.294 e. The van der Waals surface area contributed by atoms with E-state index >= 15 is 4.39 Å². The number of hydrogen-bond donors (Lipinski definition) is 0. The van der Waals surface area contributed by atoms with Crippen molar-refractivity contribution >= 4 is 17.9 Å². The molecule has 0 spiro atoms. The molecule has 0 heterocycles. The number of carbonyl (C=O) groups is 1. The van der Waals surface area contributed by atoms with Crippen LogP contribution in [0.15, 0.2) is 109 Å². The largest absolute Gasteiger partial charge is 0.294 e. The summed E-state index contributed by atoms with van der Waals surface area (Å²) in [4.78, 5) is 13.0. The average molecular weight is 555 g/mol. The van der Waals surface area contributed by atoms with Gasteiger partial charge < -0.3 is 0 Å². The van der Waals surface area contributed by atoms with Crippen molar-refractivity contribution in [3.8, 4) is 22.3 Å². The highest BCUT2D eigenvalue weighted by Crippen LogP contribution is 2.38. The number of Topliss-reactive ketones (excluding diaryl/α,β-unsaturated/α-hetero) is 1. The Morgan fingerprint density at radius 1 is 0.976 bits per heavy atom. The molecule has 1 aliphatic carbocycles. The zero-order valence-corrected chi connectivity index (χ0v) is 25.1. The highest BCUT2D eigenvalue weighted by atomic mass is 19.1. The summed E-state index contributed by atoms with van der Waals surface area (Å²) in [5.41, 5.74) is 17.4. The van der Waals surface area contributed by atoms with Crippen molar-refractivity contribution in [2.45, 2.75) is 59.3 Å². The van der Waals surface area contributed by atoms with E-state index in [1.54, 1.807) is 6.07 Å². The normalized spacial score (nSPS) is 13.4. The van der Waals surface area contributed by atoms with Crippen molar-refractivity contribution in [3.63, 3.8) is 0 Å². The third-order valence-electron chi connectivity index (χ3n) is 8.12. The van der Waals surface area contributed by atoms with Crippen LogP contribution < -0.4 is 0 Å². The van der Waals surface area contributed by atoms with Crippen molar-refractivity contribution in [2.75, 3.05) is 0 Å². The SMILES string of the molecule is C=C=C1CC=C(C(=C=C)Cc2cccc(-c3cccc(-c4cc(F)c(CC)c(/C=C\C)c4)c3CC)c2C=C)C(=O)CC1. The van der Waals surface area contributed by atoms with Gasteiger partial charge in [-0.15, -0.1) is 11.5 Å². The Bertz CT molecular complexity index is 1700. The van der Waals surface area contributed by atoms with Gasteiger partial charge in [-0.3, -0.25) is 4.79 Å². The molecule has 0 bridgehead atoms. The number of benzene rings is 3. The predicted molar refractivity (Wildman–Crippen MR) is 177 cm³/mol. The minimum absolute atomic E-state index is 0.0993. The second-order valence-corrected chi connectivity index (χ2v) is 10.5. The maximum atomic E-state index is 15.3. The second kappa shape index (κ2) is 13.9. The molecular weight excluding hydrogens is 515 g/mol. The number of ketones is 1. The molecule has 0 amide bonds. The highest BCUT2D eigenvalue weighted by Gasteiger charge is 2.21. The molecule has 3 aromatic carbocycles. The first-order valence-corrected chi connectivity index (χ1v) is 14.7. The molecule has 0 saturated carbocycles. The molecule has 0 saturated heterocycles. The van der Waals surface area contributed by atoms with Gasteiger partial charge in [-0.1, -0.05) is 94.3 Å². The fraction of sp³-hybridized carbons (Fsp3) is 0.225. The van der Waals surface area contributed by atoms with E-state index in [0.29, 0.717) is 37.7 Å². The van der Waals surface area contributed by atoms with Crippen molar-refractivity contribution in [1.29, 1.82) is 0 Å². The van der Waals surface area contributed by atoms with E-state index < -0.39 is 0 Å². The van der Waals surface area contributed by atoms with Crippen LogP contribution in [0.2, 0.25) is 0 Å². The smallest absolute Gasteiger partial charge is 0.163 e. The van der Waals surface area contributed by atoms with Gasteiger partial charge in [-0.2, -0.15) is 0 Å². The van der Waals surface area contributed by atoms with Crippen LogP contribution in [0.25, 0.3) is 34.4 Å². The summed E-state index contributed by atoms with van der Waals surface area (Å²) in [6.07, 6.45) is 11.5. The Hall–Kier alpha value is -4.48. The van der Waals surface area contributed by atoms with Gasteiger partial charge >= 0.3 is 0 Å². The van der Waals surface area contributed by atoms with Crippen LogP contribution in [0.5, 0.6) is 0 Å². The molecule has 0 radical (unpaired) electrons. The Morgan fingerprint density at radius 2 is 1.69 bits per heavy atom. The van der Waals surface area contributed by atoms with Crippen LogP contribution in [-0.4, -0.2) is 5.78 Å². The van der Waals surface area contributed by atoms with Gasteiger partial charge in [-0.05, 0) is 100 Å². The molecule has 4 rings (SSSR count). The van der Waals surface area contributed by atoms with Crippen molar-refractivity contribution in [2.24, 2.45) is 0 Å². The first-order valence-electron chi connectivity index (χ1n) is 14.7. The van der Waals surface area contributed by atoms with E-state index in [9.17, 15) is 4.79 Å². The molecule has 3 aromatic rings. The molecular formula is C40H39FO. The molecule has 0 atom stereocenters. The molecule has 0 aromatic heterocycles. The number of allylic oxidation sites excluding steroid dienone is 5. The van der Waals surface area contributed by atoms with Crippen LogP contribution >= 0.6 is 0 Å². The van der Waals surface area contributed by atoms with E-state index in [1.165, 1.54) is 0 Å². The summed E-state index contributed by atoms with van der Waals surface area (Å²) >= 11 is 0. The van der Waals surface area contributed by atoms with Crippen molar-refractivity contribution in [3.05, 3.63) is 142 Å². The lowest BCUT2D eigenvalue weighted by Crippen LogP contribution is -2.06. The number of rotatable bonds is 9. The monoisotopic (exact) mass is 554 g/mol. The minimum atomic E-state index is -0.175. The van der Waals surface area contributed by atoms with E-state index in [2.05, 4.69) is 68.5 Å². The Balaban J connectivity index is 1.82. The fourth-order valence-electron chi connectivity index (χ4n) is 5.98. The van der Waals surface area contributed by atoms with E-state index in [-0.39, 0.29) is 11.6 Å². The first kappa shape index (κ1) is 30.5. The van der Waals surface area contributed by atoms with Crippen LogP contribution in [0.4, 0.5) is 4.39 Å². The molecule has 0 unspecified atom stereocenters. The van der Waals surface area contributed by atoms with Gasteiger partial charge in [0.1, 0.15) is 5.82 Å². The van der Waals surface area contributed by atoms with Crippen molar-refractivity contribution in [1.82, 2.24) is 0 Å². The van der Waals surface area contributed by atoms with Gasteiger partial charge in [-0.25, -0.2) is 4.39 Å². The van der Waals surface area contributed by atoms with E-state index in [0.717, 1.165) is 67.6 Å². The summed E-state index contributed by atoms with van der Waals surface area (Å²) < 4.78 is 15.3. The van der Waals surface area contributed by atoms with Gasteiger partial charge in [0.05, 0.1) is 0 Å². The number of carbonyl (C=O) groups excluding carboxylic acids is 1. The standard InChI is InChI=1S/C40H39FO/c1-7-15-29-25-31(26-39(41)33(29)11-5)35-17-14-19-38(34(35)12-6)37-18-13-16-30(32(37)10-4)24-28(9-3)36-22-20-27(8-2)21-23-40(36)42/h7,10,13-19,22,25-26H,2-4,11-12,20-21,23-24H2,1,5-6H3/b15-7-. The molecule has 212 valence electrons. The maximum Gasteiger partial charge on any atom is 0.163 e. The molecule has 0 N–H and O–H groups in total. The molecule has 0 aliphatic heterocycles. The summed E-state index contributed by atoms with van der Waals surface area (Å²) in [6.45, 7) is 17.9. The second-order valence-electron chi connectivity index (χ2n) is 10.5. The lowest BCUT2D eigenvalue weighted by molar-refractivity contribution is -0.115. The van der Waals surface area contributed by atoms with Crippen molar-refractivity contribution < 1.29 is 9.18 Å². The molecule has 0 fully saturated rings. The molecule has 42 heavy (non-hydrogen) atoms. The molecule has 2 heteroatoms. The van der Waals surface area contributed by atoms with Gasteiger partial charge in [0.15, 0.2) is 5.78 Å². The molecule has 1 nitrogen and oxygen atoms in total. The van der Waals surface area contributed by atoms with Crippen LogP contribution in [0.1, 0.15) is 67.9 Å². The van der Waals surface area contributed by atoms with Gasteiger partial charge in [0.25, 0.3) is 0 Å². The van der Waals surface area contributed by atoms with Crippen LogP contribution in [0.3, 0.4) is 0 Å². The summed E-state index contributed by atoms with van der Waals surface area (Å²) in [6, 6.07) is 16.2. The molecule has 1 aliphatic rings. The zero-order chi connectivity index (χ0) is 30.2. The summed E-state index contributed by atoms with van der Waals surface area (Å²) in [7, 11) is 0. The van der Waals surface area contributed by atoms with Crippen LogP contribution in [-0.2, 0) is 24.1 Å².